The average molecular weight is 330 g/mol. The van der Waals surface area contributed by atoms with E-state index in [2.05, 4.69) is 5.32 Å². The summed E-state index contributed by atoms with van der Waals surface area (Å²) in [7, 11) is 1.74. The standard InChI is InChI=1S/C15H23N3O3.ClH/c1-3-21-13(19)12-9-11(10-18(12)2)17-14(20)15(16)7-5-4-6-8-15;/h9-10H,3-8,16H2,1-2H3,(H,17,20);1H. The summed E-state index contributed by atoms with van der Waals surface area (Å²) in [6, 6.07) is 1.61. The number of nitrogens with zero attached hydrogens (tertiary/aromatic N) is 1. The first kappa shape index (κ1) is 18.5. The number of halogens is 1. The van der Waals surface area contributed by atoms with Crippen molar-refractivity contribution in [1.29, 1.82) is 0 Å². The van der Waals surface area contributed by atoms with Crippen LogP contribution >= 0.6 is 12.4 Å². The SMILES string of the molecule is CCOC(=O)c1cc(NC(=O)C2(N)CCCCC2)cn1C.Cl. The largest absolute Gasteiger partial charge is 0.461 e. The molecule has 0 aliphatic heterocycles. The Morgan fingerprint density at radius 2 is 2.00 bits per heavy atom. The molecule has 1 aromatic heterocycles. The first-order valence-electron chi connectivity index (χ1n) is 7.40. The second-order valence-corrected chi connectivity index (χ2v) is 5.62. The minimum Gasteiger partial charge on any atom is -0.461 e. The molecule has 1 amide bonds. The van der Waals surface area contributed by atoms with Crippen LogP contribution in [0.15, 0.2) is 12.3 Å². The van der Waals surface area contributed by atoms with E-state index in [1.54, 1.807) is 30.8 Å². The fourth-order valence-corrected chi connectivity index (χ4v) is 2.71. The summed E-state index contributed by atoms with van der Waals surface area (Å²) in [5.41, 5.74) is 6.37. The number of aryl methyl sites for hydroxylation is 1. The quantitative estimate of drug-likeness (QED) is 0.829. The van der Waals surface area contributed by atoms with Crippen molar-refractivity contribution in [2.45, 2.75) is 44.6 Å². The molecule has 2 rings (SSSR count). The third kappa shape index (κ3) is 4.01. The van der Waals surface area contributed by atoms with Crippen molar-refractivity contribution < 1.29 is 14.3 Å². The van der Waals surface area contributed by atoms with Crippen LogP contribution in [0.2, 0.25) is 0 Å². The molecule has 1 aliphatic rings. The Morgan fingerprint density at radius 1 is 1.36 bits per heavy atom. The van der Waals surface area contributed by atoms with Crippen molar-refractivity contribution in [3.8, 4) is 0 Å². The fraction of sp³-hybridized carbons (Fsp3) is 0.600. The maximum Gasteiger partial charge on any atom is 0.355 e. The molecule has 0 unspecified atom stereocenters. The Balaban J connectivity index is 0.00000242. The summed E-state index contributed by atoms with van der Waals surface area (Å²) < 4.78 is 6.60. The number of anilines is 1. The predicted molar refractivity (Wildman–Crippen MR) is 87.3 cm³/mol. The van der Waals surface area contributed by atoms with Crippen molar-refractivity contribution in [2.75, 3.05) is 11.9 Å². The molecule has 1 saturated carbocycles. The Kier molecular flexibility index (Phi) is 6.44. The van der Waals surface area contributed by atoms with Gasteiger partial charge in [-0.2, -0.15) is 0 Å². The van der Waals surface area contributed by atoms with Gasteiger partial charge in [0.05, 0.1) is 17.8 Å². The molecule has 0 aromatic carbocycles. The molecule has 0 spiro atoms. The van der Waals surface area contributed by atoms with Gasteiger partial charge in [0.15, 0.2) is 0 Å². The van der Waals surface area contributed by atoms with Crippen LogP contribution in [-0.2, 0) is 16.6 Å². The molecule has 1 fully saturated rings. The van der Waals surface area contributed by atoms with Crippen LogP contribution in [0.25, 0.3) is 0 Å². The number of nitrogens with one attached hydrogen (secondary N) is 1. The van der Waals surface area contributed by atoms with Crippen molar-refractivity contribution in [1.82, 2.24) is 4.57 Å². The normalized spacial score (nSPS) is 16.5. The number of hydrogen-bond donors (Lipinski definition) is 2. The van der Waals surface area contributed by atoms with Crippen LogP contribution in [0.3, 0.4) is 0 Å². The highest BCUT2D eigenvalue weighted by Crippen LogP contribution is 2.27. The van der Waals surface area contributed by atoms with E-state index in [0.29, 0.717) is 30.8 Å². The highest BCUT2D eigenvalue weighted by atomic mass is 35.5. The molecule has 0 radical (unpaired) electrons. The van der Waals surface area contributed by atoms with E-state index in [4.69, 9.17) is 10.5 Å². The van der Waals surface area contributed by atoms with Crippen molar-refractivity contribution in [3.05, 3.63) is 18.0 Å². The Morgan fingerprint density at radius 3 is 2.59 bits per heavy atom. The van der Waals surface area contributed by atoms with Gasteiger partial charge in [-0.3, -0.25) is 4.79 Å². The third-order valence-electron chi connectivity index (χ3n) is 3.95. The van der Waals surface area contributed by atoms with Crippen molar-refractivity contribution >= 4 is 30.0 Å². The zero-order chi connectivity index (χ0) is 15.5. The molecular weight excluding hydrogens is 306 g/mol. The van der Waals surface area contributed by atoms with Gasteiger partial charge in [-0.25, -0.2) is 4.79 Å². The summed E-state index contributed by atoms with van der Waals surface area (Å²) in [4.78, 5) is 24.1. The van der Waals surface area contributed by atoms with Gasteiger partial charge < -0.3 is 20.4 Å². The Bertz CT molecular complexity index is 536. The molecule has 0 atom stereocenters. The molecule has 0 bridgehead atoms. The number of ether oxygens (including phenoxy) is 1. The van der Waals surface area contributed by atoms with Crippen molar-refractivity contribution in [3.63, 3.8) is 0 Å². The molecule has 6 nitrogen and oxygen atoms in total. The van der Waals surface area contributed by atoms with Gasteiger partial charge in [-0.15, -0.1) is 12.4 Å². The van der Waals surface area contributed by atoms with E-state index < -0.39 is 11.5 Å². The number of hydrogen-bond acceptors (Lipinski definition) is 4. The average Bonchev–Trinajstić information content (AvgIpc) is 2.80. The first-order chi connectivity index (χ1) is 9.96. The molecule has 1 heterocycles. The number of amides is 1. The van der Waals surface area contributed by atoms with Gasteiger partial charge in [-0.05, 0) is 25.8 Å². The maximum atomic E-state index is 12.3. The zero-order valence-electron chi connectivity index (χ0n) is 13.1. The van der Waals surface area contributed by atoms with Gasteiger partial charge >= 0.3 is 5.97 Å². The summed E-state index contributed by atoms with van der Waals surface area (Å²) in [6.07, 6.45) is 6.19. The molecule has 0 saturated heterocycles. The zero-order valence-corrected chi connectivity index (χ0v) is 13.9. The number of carbonyl (C=O) groups is 2. The molecule has 22 heavy (non-hydrogen) atoms. The van der Waals surface area contributed by atoms with Crippen LogP contribution in [0.5, 0.6) is 0 Å². The topological polar surface area (TPSA) is 86.3 Å². The van der Waals surface area contributed by atoms with E-state index >= 15 is 0 Å². The van der Waals surface area contributed by atoms with Gasteiger partial charge in [-0.1, -0.05) is 19.3 Å². The number of carbonyl (C=O) groups excluding carboxylic acids is 2. The monoisotopic (exact) mass is 329 g/mol. The van der Waals surface area contributed by atoms with Gasteiger partial charge in [0.25, 0.3) is 0 Å². The number of nitrogens with two attached hydrogens (primary N) is 1. The third-order valence-corrected chi connectivity index (χ3v) is 3.95. The predicted octanol–water partition coefficient (Wildman–Crippen LogP) is 2.22. The lowest BCUT2D eigenvalue weighted by molar-refractivity contribution is -0.122. The van der Waals surface area contributed by atoms with Gasteiger partial charge in [0.1, 0.15) is 5.69 Å². The highest BCUT2D eigenvalue weighted by molar-refractivity contribution is 5.99. The highest BCUT2D eigenvalue weighted by Gasteiger charge is 2.35. The molecule has 124 valence electrons. The molecular formula is C15H24ClN3O3. The van der Waals surface area contributed by atoms with Crippen LogP contribution in [0.1, 0.15) is 49.5 Å². The Hall–Kier alpha value is -1.53. The first-order valence-corrected chi connectivity index (χ1v) is 7.40. The minimum atomic E-state index is -0.793. The van der Waals surface area contributed by atoms with E-state index in [0.717, 1.165) is 19.3 Å². The second kappa shape index (κ2) is 7.65. The summed E-state index contributed by atoms with van der Waals surface area (Å²) in [5, 5.41) is 2.82. The van der Waals surface area contributed by atoms with Crippen LogP contribution < -0.4 is 11.1 Å². The lowest BCUT2D eigenvalue weighted by Crippen LogP contribution is -2.52. The van der Waals surface area contributed by atoms with E-state index in [9.17, 15) is 9.59 Å². The van der Waals surface area contributed by atoms with Gasteiger partial charge in [0.2, 0.25) is 5.91 Å². The number of aromatic nitrogens is 1. The van der Waals surface area contributed by atoms with Crippen molar-refractivity contribution in [2.24, 2.45) is 12.8 Å². The molecule has 7 heteroatoms. The second-order valence-electron chi connectivity index (χ2n) is 5.62. The number of esters is 1. The van der Waals surface area contributed by atoms with E-state index in [1.165, 1.54) is 0 Å². The minimum absolute atomic E-state index is 0. The lowest BCUT2D eigenvalue weighted by atomic mass is 9.82. The number of rotatable bonds is 4. The van der Waals surface area contributed by atoms with Gasteiger partial charge in [0, 0.05) is 13.2 Å². The van der Waals surface area contributed by atoms with Crippen LogP contribution in [-0.4, -0.2) is 28.6 Å². The summed E-state index contributed by atoms with van der Waals surface area (Å²) in [6.45, 7) is 2.07. The lowest BCUT2D eigenvalue weighted by Gasteiger charge is -2.31. The van der Waals surface area contributed by atoms with E-state index in [-0.39, 0.29) is 18.3 Å². The molecule has 1 aliphatic carbocycles. The Labute approximate surface area is 136 Å². The molecule has 1 aromatic rings. The fourth-order valence-electron chi connectivity index (χ4n) is 2.71. The van der Waals surface area contributed by atoms with Crippen LogP contribution in [0.4, 0.5) is 5.69 Å². The molecule has 3 N–H and O–H groups in total. The van der Waals surface area contributed by atoms with Crippen LogP contribution in [0, 0.1) is 0 Å². The summed E-state index contributed by atoms with van der Waals surface area (Å²) in [5.74, 6) is -0.580. The summed E-state index contributed by atoms with van der Waals surface area (Å²) >= 11 is 0. The smallest absolute Gasteiger partial charge is 0.355 e. The van der Waals surface area contributed by atoms with E-state index in [1.807, 2.05) is 0 Å². The maximum absolute atomic E-state index is 12.3.